The zero-order chi connectivity index (χ0) is 16.3. The van der Waals surface area contributed by atoms with Crippen LogP contribution in [-0.2, 0) is 17.1 Å². The Kier molecular flexibility index (Phi) is 7.06. The fourth-order valence-corrected chi connectivity index (χ4v) is 4.73. The maximum atomic E-state index is 12.9. The summed E-state index contributed by atoms with van der Waals surface area (Å²) >= 11 is 0. The van der Waals surface area contributed by atoms with Crippen molar-refractivity contribution in [3.8, 4) is 0 Å². The Bertz CT molecular complexity index is 642. The minimum absolute atomic E-state index is 0. The number of hydrogen-bond donors (Lipinski definition) is 2. The molecular weight excluding hydrogens is 340 g/mol. The van der Waals surface area contributed by atoms with E-state index in [2.05, 4.69) is 5.32 Å². The standard InChI is InChI=1S/C14H24N4O3S.ClH/c1-16-14(19)13-9-12(10-17(13)2)22(20,21)18-8-4-3-5-11(18)6-7-15;/h9-11H,3-8,15H2,1-2H3,(H,16,19);1H. The van der Waals surface area contributed by atoms with Crippen LogP contribution in [0.25, 0.3) is 0 Å². The first-order chi connectivity index (χ1) is 10.4. The van der Waals surface area contributed by atoms with E-state index in [0.29, 0.717) is 25.2 Å². The molecule has 7 nitrogen and oxygen atoms in total. The van der Waals surface area contributed by atoms with Crippen LogP contribution in [0, 0.1) is 0 Å². The first-order valence-electron chi connectivity index (χ1n) is 7.52. The van der Waals surface area contributed by atoms with Crippen LogP contribution in [0.5, 0.6) is 0 Å². The van der Waals surface area contributed by atoms with E-state index in [1.165, 1.54) is 23.9 Å². The number of rotatable bonds is 5. The normalized spacial score (nSPS) is 19.2. The Labute approximate surface area is 143 Å². The first-order valence-corrected chi connectivity index (χ1v) is 8.96. The molecule has 1 aliphatic heterocycles. The van der Waals surface area contributed by atoms with Crippen molar-refractivity contribution >= 4 is 28.3 Å². The van der Waals surface area contributed by atoms with Gasteiger partial charge in [0.25, 0.3) is 5.91 Å². The maximum absolute atomic E-state index is 12.9. The third-order valence-electron chi connectivity index (χ3n) is 4.12. The highest BCUT2D eigenvalue weighted by molar-refractivity contribution is 7.89. The van der Waals surface area contributed by atoms with Gasteiger partial charge < -0.3 is 15.6 Å². The zero-order valence-electron chi connectivity index (χ0n) is 13.5. The second-order valence-electron chi connectivity index (χ2n) is 5.59. The number of aryl methyl sites for hydroxylation is 1. The van der Waals surface area contributed by atoms with Crippen molar-refractivity contribution in [2.45, 2.75) is 36.6 Å². The summed E-state index contributed by atoms with van der Waals surface area (Å²) in [5, 5.41) is 2.51. The lowest BCUT2D eigenvalue weighted by Gasteiger charge is -2.34. The van der Waals surface area contributed by atoms with Gasteiger partial charge >= 0.3 is 0 Å². The summed E-state index contributed by atoms with van der Waals surface area (Å²) in [6.45, 7) is 0.978. The van der Waals surface area contributed by atoms with Crippen LogP contribution in [0.3, 0.4) is 0 Å². The predicted octanol–water partition coefficient (Wildman–Crippen LogP) is 0.699. The lowest BCUT2D eigenvalue weighted by molar-refractivity contribution is 0.0955. The molecule has 3 N–H and O–H groups in total. The number of carbonyl (C=O) groups excluding carboxylic acids is 1. The third-order valence-corrected chi connectivity index (χ3v) is 6.04. The number of sulfonamides is 1. The fraction of sp³-hybridized carbons (Fsp3) is 0.643. The molecule has 0 saturated carbocycles. The van der Waals surface area contributed by atoms with Crippen LogP contribution in [0.1, 0.15) is 36.2 Å². The molecule has 132 valence electrons. The molecule has 1 aliphatic rings. The van der Waals surface area contributed by atoms with E-state index < -0.39 is 10.0 Å². The average Bonchev–Trinajstić information content (AvgIpc) is 2.90. The van der Waals surface area contributed by atoms with Crippen molar-refractivity contribution in [2.75, 3.05) is 20.1 Å². The summed E-state index contributed by atoms with van der Waals surface area (Å²) in [7, 11) is -0.417. The summed E-state index contributed by atoms with van der Waals surface area (Å²) in [6.07, 6.45) is 4.87. The van der Waals surface area contributed by atoms with Crippen molar-refractivity contribution in [3.63, 3.8) is 0 Å². The minimum Gasteiger partial charge on any atom is -0.354 e. The van der Waals surface area contributed by atoms with Crippen LogP contribution >= 0.6 is 12.4 Å². The first kappa shape index (κ1) is 20.0. The monoisotopic (exact) mass is 364 g/mol. The summed E-state index contributed by atoms with van der Waals surface area (Å²) < 4.78 is 28.9. The van der Waals surface area contributed by atoms with Crippen LogP contribution < -0.4 is 11.1 Å². The van der Waals surface area contributed by atoms with E-state index in [-0.39, 0.29) is 29.3 Å². The van der Waals surface area contributed by atoms with Crippen LogP contribution in [0.15, 0.2) is 17.2 Å². The van der Waals surface area contributed by atoms with Crippen LogP contribution in [0.2, 0.25) is 0 Å². The Morgan fingerprint density at radius 3 is 2.74 bits per heavy atom. The molecule has 0 aromatic carbocycles. The molecule has 0 spiro atoms. The van der Waals surface area contributed by atoms with E-state index in [4.69, 9.17) is 5.73 Å². The van der Waals surface area contributed by atoms with E-state index in [1.807, 2.05) is 0 Å². The molecule has 1 saturated heterocycles. The molecule has 23 heavy (non-hydrogen) atoms. The van der Waals surface area contributed by atoms with Crippen molar-refractivity contribution in [3.05, 3.63) is 18.0 Å². The Morgan fingerprint density at radius 2 is 2.13 bits per heavy atom. The van der Waals surface area contributed by atoms with Gasteiger partial charge in [-0.15, -0.1) is 12.4 Å². The molecule has 1 aromatic rings. The van der Waals surface area contributed by atoms with Gasteiger partial charge in [0, 0.05) is 32.9 Å². The highest BCUT2D eigenvalue weighted by Gasteiger charge is 2.34. The number of halogens is 1. The molecule has 0 bridgehead atoms. The number of piperidine rings is 1. The van der Waals surface area contributed by atoms with Gasteiger partial charge in [-0.3, -0.25) is 4.79 Å². The number of nitrogens with two attached hydrogens (primary N) is 1. The van der Waals surface area contributed by atoms with Crippen LogP contribution in [-0.4, -0.2) is 49.4 Å². The molecule has 0 radical (unpaired) electrons. The smallest absolute Gasteiger partial charge is 0.267 e. The average molecular weight is 365 g/mol. The summed E-state index contributed by atoms with van der Waals surface area (Å²) in [5.41, 5.74) is 5.94. The molecule has 1 amide bonds. The van der Waals surface area contributed by atoms with Gasteiger partial charge in [-0.25, -0.2) is 8.42 Å². The minimum atomic E-state index is -3.60. The van der Waals surface area contributed by atoms with E-state index in [0.717, 1.165) is 19.3 Å². The summed E-state index contributed by atoms with van der Waals surface area (Å²) in [5.74, 6) is -0.305. The molecule has 1 fully saturated rings. The molecule has 2 heterocycles. The van der Waals surface area contributed by atoms with Gasteiger partial charge in [0.1, 0.15) is 10.6 Å². The predicted molar refractivity (Wildman–Crippen MR) is 91.3 cm³/mol. The largest absolute Gasteiger partial charge is 0.354 e. The Morgan fingerprint density at radius 1 is 1.43 bits per heavy atom. The van der Waals surface area contributed by atoms with E-state index in [1.54, 1.807) is 11.4 Å². The molecular formula is C14H25ClN4O3S. The zero-order valence-corrected chi connectivity index (χ0v) is 15.1. The van der Waals surface area contributed by atoms with Crippen molar-refractivity contribution in [1.82, 2.24) is 14.2 Å². The number of amides is 1. The maximum Gasteiger partial charge on any atom is 0.267 e. The van der Waals surface area contributed by atoms with Crippen molar-refractivity contribution < 1.29 is 13.2 Å². The number of nitrogens with one attached hydrogen (secondary N) is 1. The summed E-state index contributed by atoms with van der Waals surface area (Å²) in [6, 6.07) is 1.38. The molecule has 9 heteroatoms. The van der Waals surface area contributed by atoms with Gasteiger partial charge in [0.05, 0.1) is 0 Å². The Balaban J connectivity index is 0.00000264. The van der Waals surface area contributed by atoms with Gasteiger partial charge in [0.15, 0.2) is 0 Å². The molecule has 2 rings (SSSR count). The quantitative estimate of drug-likeness (QED) is 0.803. The highest BCUT2D eigenvalue weighted by atomic mass is 35.5. The van der Waals surface area contributed by atoms with Crippen LogP contribution in [0.4, 0.5) is 0 Å². The molecule has 0 aliphatic carbocycles. The third kappa shape index (κ3) is 4.06. The Hall–Kier alpha value is -1.09. The number of carbonyl (C=O) groups is 1. The van der Waals surface area contributed by atoms with E-state index >= 15 is 0 Å². The highest BCUT2D eigenvalue weighted by Crippen LogP contribution is 2.27. The van der Waals surface area contributed by atoms with Gasteiger partial charge in [-0.2, -0.15) is 4.31 Å². The van der Waals surface area contributed by atoms with Gasteiger partial charge in [-0.1, -0.05) is 6.42 Å². The van der Waals surface area contributed by atoms with E-state index in [9.17, 15) is 13.2 Å². The molecule has 1 unspecified atom stereocenters. The molecule has 1 atom stereocenters. The topological polar surface area (TPSA) is 97.4 Å². The second kappa shape index (κ2) is 8.14. The number of aromatic nitrogens is 1. The lowest BCUT2D eigenvalue weighted by atomic mass is 10.0. The van der Waals surface area contributed by atoms with Gasteiger partial charge in [-0.05, 0) is 31.9 Å². The number of hydrogen-bond acceptors (Lipinski definition) is 4. The van der Waals surface area contributed by atoms with Gasteiger partial charge in [0.2, 0.25) is 10.0 Å². The SMILES string of the molecule is CNC(=O)c1cc(S(=O)(=O)N2CCCCC2CCN)cn1C.Cl. The number of nitrogens with zero attached hydrogens (tertiary/aromatic N) is 2. The fourth-order valence-electron chi connectivity index (χ4n) is 2.94. The second-order valence-corrected chi connectivity index (χ2v) is 7.48. The molecule has 1 aromatic heterocycles. The lowest BCUT2D eigenvalue weighted by Crippen LogP contribution is -2.44. The summed E-state index contributed by atoms with van der Waals surface area (Å²) in [4.78, 5) is 11.9. The van der Waals surface area contributed by atoms with Crippen molar-refractivity contribution in [2.24, 2.45) is 12.8 Å². The van der Waals surface area contributed by atoms with Crippen molar-refractivity contribution in [1.29, 1.82) is 0 Å².